The average Bonchev–Trinajstić information content (AvgIpc) is 2.55. The second-order valence-corrected chi connectivity index (χ2v) is 5.54. The largest absolute Gasteiger partial charge is 0.0991 e. The van der Waals surface area contributed by atoms with Crippen molar-refractivity contribution in [2.75, 3.05) is 0 Å². The molecule has 2 aromatic carbocycles. The van der Waals surface area contributed by atoms with E-state index in [1.807, 2.05) is 25.2 Å². The maximum atomic E-state index is 3.87. The number of rotatable bonds is 5. The number of allylic oxidation sites excluding steroid dienone is 7. The lowest BCUT2D eigenvalue weighted by atomic mass is 9.86. The van der Waals surface area contributed by atoms with Gasteiger partial charge in [-0.2, -0.15) is 0 Å². The van der Waals surface area contributed by atoms with Crippen molar-refractivity contribution in [1.82, 2.24) is 0 Å². The summed E-state index contributed by atoms with van der Waals surface area (Å²) in [6, 6.07) is 8.60. The second kappa shape index (κ2) is 7.60. The van der Waals surface area contributed by atoms with Crippen molar-refractivity contribution in [3.63, 3.8) is 0 Å². The molecule has 116 valence electrons. The minimum absolute atomic E-state index is 1.18. The molecule has 0 bridgehead atoms. The Balaban J connectivity index is 2.97. The van der Waals surface area contributed by atoms with Crippen molar-refractivity contribution >= 4 is 22.4 Å². The van der Waals surface area contributed by atoms with E-state index in [9.17, 15) is 0 Å². The molecule has 0 saturated heterocycles. The first-order valence-electron chi connectivity index (χ1n) is 7.92. The van der Waals surface area contributed by atoms with Gasteiger partial charge in [0.05, 0.1) is 0 Å². The molecular weight excluding hydrogens is 276 g/mol. The van der Waals surface area contributed by atoms with Crippen molar-refractivity contribution in [1.29, 1.82) is 0 Å². The Morgan fingerprint density at radius 2 is 1.65 bits per heavy atom. The molecule has 0 unspecified atom stereocenters. The zero-order valence-electron chi connectivity index (χ0n) is 14.3. The van der Waals surface area contributed by atoms with Crippen LogP contribution in [0.2, 0.25) is 0 Å². The molecule has 0 N–H and O–H groups in total. The third-order valence-corrected chi connectivity index (χ3v) is 4.11. The van der Waals surface area contributed by atoms with Crippen LogP contribution in [-0.2, 0) is 0 Å². The average molecular weight is 300 g/mol. The Kier molecular flexibility index (Phi) is 5.54. The van der Waals surface area contributed by atoms with E-state index in [1.165, 1.54) is 38.6 Å². The summed E-state index contributed by atoms with van der Waals surface area (Å²) in [6.45, 7) is 14.1. The van der Waals surface area contributed by atoms with Crippen molar-refractivity contribution in [3.8, 4) is 0 Å². The van der Waals surface area contributed by atoms with Gasteiger partial charge in [0.2, 0.25) is 0 Å². The highest BCUT2D eigenvalue weighted by atomic mass is 14.2. The molecule has 2 rings (SSSR count). The fraction of sp³-hybridized carbons (Fsp3) is 0.130. The van der Waals surface area contributed by atoms with Crippen LogP contribution >= 0.6 is 0 Å². The van der Waals surface area contributed by atoms with Crippen molar-refractivity contribution in [3.05, 3.63) is 96.1 Å². The molecule has 0 radical (unpaired) electrons. The Morgan fingerprint density at radius 3 is 2.26 bits per heavy atom. The van der Waals surface area contributed by atoms with E-state index in [0.29, 0.717) is 0 Å². The maximum Gasteiger partial charge on any atom is -0.00701 e. The molecule has 0 heteroatoms. The van der Waals surface area contributed by atoms with Crippen molar-refractivity contribution in [2.24, 2.45) is 0 Å². The lowest BCUT2D eigenvalue weighted by Gasteiger charge is -2.18. The number of hydrogen-bond donors (Lipinski definition) is 0. The van der Waals surface area contributed by atoms with Crippen LogP contribution in [0.1, 0.15) is 29.2 Å². The molecule has 0 amide bonds. The lowest BCUT2D eigenvalue weighted by Crippen LogP contribution is -1.97. The molecule has 23 heavy (non-hydrogen) atoms. The number of aryl methyl sites for hydroxylation is 1. The summed E-state index contributed by atoms with van der Waals surface area (Å²) >= 11 is 0. The fourth-order valence-corrected chi connectivity index (χ4v) is 3.11. The Hall–Kier alpha value is -2.60. The number of benzene rings is 2. The third kappa shape index (κ3) is 3.27. The Labute approximate surface area is 139 Å². The second-order valence-electron chi connectivity index (χ2n) is 5.54. The van der Waals surface area contributed by atoms with Gasteiger partial charge in [-0.1, -0.05) is 80.0 Å². The summed E-state index contributed by atoms with van der Waals surface area (Å²) in [6.07, 6.45) is 14.1. The van der Waals surface area contributed by atoms with Crippen LogP contribution in [-0.4, -0.2) is 0 Å². The molecule has 0 heterocycles. The van der Waals surface area contributed by atoms with Gasteiger partial charge in [0.15, 0.2) is 0 Å². The third-order valence-electron chi connectivity index (χ3n) is 4.11. The summed E-state index contributed by atoms with van der Waals surface area (Å²) in [4.78, 5) is 0. The molecule has 0 aliphatic rings. The lowest BCUT2D eigenvalue weighted by molar-refractivity contribution is 1.37. The minimum Gasteiger partial charge on any atom is -0.0991 e. The van der Waals surface area contributed by atoms with Gasteiger partial charge in [-0.05, 0) is 59.4 Å². The number of fused-ring (bicyclic) bond motifs is 1. The van der Waals surface area contributed by atoms with Gasteiger partial charge < -0.3 is 0 Å². The first-order chi connectivity index (χ1) is 11.2. The van der Waals surface area contributed by atoms with Crippen molar-refractivity contribution in [2.45, 2.75) is 20.8 Å². The topological polar surface area (TPSA) is 0 Å². The monoisotopic (exact) mass is 300 g/mol. The standard InChI is InChI=1S/C23H24/c1-6-9-14-20-17(4)21-15-10-11-16-22(21)23(18(20)5)19(12-7-2)13-8-3/h6-16H,1-2H2,3-5H3/b13-8-,14-9-,19-12+. The van der Waals surface area contributed by atoms with Crippen molar-refractivity contribution < 1.29 is 0 Å². The highest BCUT2D eigenvalue weighted by molar-refractivity contribution is 6.01. The zero-order valence-corrected chi connectivity index (χ0v) is 14.3. The van der Waals surface area contributed by atoms with Crippen LogP contribution in [0.5, 0.6) is 0 Å². The first kappa shape index (κ1) is 16.8. The SMILES string of the molecule is C=C/C=C\c1c(C)c(C(/C=C\C)=C/C=C)c2ccccc2c1C. The summed E-state index contributed by atoms with van der Waals surface area (Å²) < 4.78 is 0. The van der Waals surface area contributed by atoms with Gasteiger partial charge >= 0.3 is 0 Å². The van der Waals surface area contributed by atoms with Crippen LogP contribution < -0.4 is 0 Å². The molecule has 0 aromatic heterocycles. The van der Waals surface area contributed by atoms with Gasteiger partial charge in [0.25, 0.3) is 0 Å². The number of hydrogen-bond acceptors (Lipinski definition) is 0. The molecule has 0 saturated carbocycles. The van der Waals surface area contributed by atoms with E-state index in [1.54, 1.807) is 0 Å². The molecule has 0 spiro atoms. The van der Waals surface area contributed by atoms with Gasteiger partial charge in [-0.25, -0.2) is 0 Å². The smallest absolute Gasteiger partial charge is 0.00701 e. The normalized spacial score (nSPS) is 12.4. The predicted octanol–water partition coefficient (Wildman–Crippen LogP) is 6.80. The molecule has 2 aromatic rings. The summed E-state index contributed by atoms with van der Waals surface area (Å²) in [5.74, 6) is 0. The van der Waals surface area contributed by atoms with Crippen LogP contribution in [0.3, 0.4) is 0 Å². The Bertz CT molecular complexity index is 827. The van der Waals surface area contributed by atoms with Gasteiger partial charge in [-0.15, -0.1) is 0 Å². The fourth-order valence-electron chi connectivity index (χ4n) is 3.11. The molecule has 0 aliphatic carbocycles. The van der Waals surface area contributed by atoms with Crippen LogP contribution in [0.4, 0.5) is 0 Å². The van der Waals surface area contributed by atoms with Crippen LogP contribution in [0, 0.1) is 13.8 Å². The molecule has 0 fully saturated rings. The van der Waals surface area contributed by atoms with Gasteiger partial charge in [0, 0.05) is 0 Å². The molecule has 0 atom stereocenters. The van der Waals surface area contributed by atoms with E-state index in [2.05, 4.69) is 75.6 Å². The van der Waals surface area contributed by atoms with Gasteiger partial charge in [-0.3, -0.25) is 0 Å². The molecule has 0 nitrogen and oxygen atoms in total. The first-order valence-corrected chi connectivity index (χ1v) is 7.92. The highest BCUT2D eigenvalue weighted by Gasteiger charge is 2.14. The quantitative estimate of drug-likeness (QED) is 0.532. The van der Waals surface area contributed by atoms with E-state index < -0.39 is 0 Å². The van der Waals surface area contributed by atoms with E-state index in [4.69, 9.17) is 0 Å². The highest BCUT2D eigenvalue weighted by Crippen LogP contribution is 2.35. The summed E-state index contributed by atoms with van der Waals surface area (Å²) in [7, 11) is 0. The summed E-state index contributed by atoms with van der Waals surface area (Å²) in [5.41, 5.74) is 6.30. The molecule has 0 aliphatic heterocycles. The van der Waals surface area contributed by atoms with E-state index in [-0.39, 0.29) is 0 Å². The van der Waals surface area contributed by atoms with E-state index >= 15 is 0 Å². The van der Waals surface area contributed by atoms with Gasteiger partial charge in [0.1, 0.15) is 0 Å². The minimum atomic E-state index is 1.18. The van der Waals surface area contributed by atoms with E-state index in [0.717, 1.165) is 0 Å². The maximum absolute atomic E-state index is 3.87. The van der Waals surface area contributed by atoms with Crippen LogP contribution in [0.25, 0.3) is 22.4 Å². The summed E-state index contributed by atoms with van der Waals surface area (Å²) in [5, 5.41) is 2.57. The zero-order chi connectivity index (χ0) is 16.8. The molecular formula is C23H24. The van der Waals surface area contributed by atoms with Crippen LogP contribution in [0.15, 0.2) is 73.9 Å². The predicted molar refractivity (Wildman–Crippen MR) is 106 cm³/mol. The Morgan fingerprint density at radius 1 is 0.957 bits per heavy atom.